The number of halogens is 1. The van der Waals surface area contributed by atoms with Gasteiger partial charge >= 0.3 is 0 Å². The number of nitrogens with one attached hydrogen (secondary N) is 1. The molecule has 2 aromatic carbocycles. The van der Waals surface area contributed by atoms with Gasteiger partial charge in [0.2, 0.25) is 5.91 Å². The number of carbonyl (C=O) groups excluding carboxylic acids is 2. The molecule has 0 saturated carbocycles. The van der Waals surface area contributed by atoms with E-state index in [0.29, 0.717) is 29.4 Å². The van der Waals surface area contributed by atoms with Crippen molar-refractivity contribution >= 4 is 29.1 Å². The number of hydrogen-bond acceptors (Lipinski definition) is 4. The van der Waals surface area contributed by atoms with Crippen LogP contribution in [0, 0.1) is 5.92 Å². The van der Waals surface area contributed by atoms with Crippen LogP contribution in [0.5, 0.6) is 5.75 Å². The summed E-state index contributed by atoms with van der Waals surface area (Å²) < 4.78 is 5.13. The number of hydrogen-bond donors (Lipinski definition) is 1. The number of carbonyl (C=O) groups is 2. The summed E-state index contributed by atoms with van der Waals surface area (Å²) in [5.74, 6) is 0.353. The van der Waals surface area contributed by atoms with Crippen molar-refractivity contribution in [3.8, 4) is 5.75 Å². The number of nitrogens with zero attached hydrogens (tertiary/aromatic N) is 2. The predicted molar refractivity (Wildman–Crippen MR) is 119 cm³/mol. The second-order valence-corrected chi connectivity index (χ2v) is 8.15. The van der Waals surface area contributed by atoms with Crippen molar-refractivity contribution in [2.75, 3.05) is 38.2 Å². The van der Waals surface area contributed by atoms with Gasteiger partial charge < -0.3 is 19.9 Å². The van der Waals surface area contributed by atoms with Crippen LogP contribution in [-0.2, 0) is 4.79 Å². The molecule has 1 N–H and O–H groups in total. The first-order chi connectivity index (χ1) is 14.4. The molecular weight excluding hydrogens is 402 g/mol. The van der Waals surface area contributed by atoms with Crippen molar-refractivity contribution in [2.45, 2.75) is 19.9 Å². The van der Waals surface area contributed by atoms with Gasteiger partial charge in [-0.05, 0) is 48.4 Å². The second kappa shape index (κ2) is 9.85. The largest absolute Gasteiger partial charge is 0.497 e. The highest BCUT2D eigenvalue weighted by atomic mass is 35.5. The summed E-state index contributed by atoms with van der Waals surface area (Å²) in [4.78, 5) is 29.9. The Balaban J connectivity index is 1.62. The zero-order valence-corrected chi connectivity index (χ0v) is 18.4. The van der Waals surface area contributed by atoms with Crippen molar-refractivity contribution in [1.29, 1.82) is 0 Å². The molecule has 0 radical (unpaired) electrons. The zero-order valence-electron chi connectivity index (χ0n) is 17.6. The SMILES string of the molecule is COc1ccc(C(=O)NC(C(=O)N2CCN(c3cccc(Cl)c3)CC2)C(C)C)cc1. The van der Waals surface area contributed by atoms with Gasteiger partial charge in [0.25, 0.3) is 5.91 Å². The number of ether oxygens (including phenoxy) is 1. The Morgan fingerprint density at radius 1 is 1.03 bits per heavy atom. The third-order valence-corrected chi connectivity index (χ3v) is 5.57. The van der Waals surface area contributed by atoms with Crippen LogP contribution in [0.4, 0.5) is 5.69 Å². The van der Waals surface area contributed by atoms with E-state index in [-0.39, 0.29) is 17.7 Å². The van der Waals surface area contributed by atoms with Crippen LogP contribution in [0.2, 0.25) is 5.02 Å². The van der Waals surface area contributed by atoms with E-state index in [1.165, 1.54) is 0 Å². The molecule has 2 amide bonds. The van der Waals surface area contributed by atoms with E-state index in [9.17, 15) is 9.59 Å². The fourth-order valence-corrected chi connectivity index (χ4v) is 3.72. The molecule has 1 fully saturated rings. The van der Waals surface area contributed by atoms with Crippen LogP contribution in [0.15, 0.2) is 48.5 Å². The molecule has 0 aromatic heterocycles. The summed E-state index contributed by atoms with van der Waals surface area (Å²) in [6, 6.07) is 14.0. The molecule has 1 unspecified atom stereocenters. The Labute approximate surface area is 182 Å². The fourth-order valence-electron chi connectivity index (χ4n) is 3.54. The summed E-state index contributed by atoms with van der Waals surface area (Å²) in [7, 11) is 1.58. The van der Waals surface area contributed by atoms with Gasteiger partial charge in [0.1, 0.15) is 11.8 Å². The average molecular weight is 430 g/mol. The van der Waals surface area contributed by atoms with Crippen LogP contribution < -0.4 is 15.0 Å². The molecule has 0 aliphatic carbocycles. The van der Waals surface area contributed by atoms with Crippen LogP contribution >= 0.6 is 11.6 Å². The first-order valence-corrected chi connectivity index (χ1v) is 10.5. The van der Waals surface area contributed by atoms with Crippen molar-refractivity contribution in [3.05, 3.63) is 59.1 Å². The van der Waals surface area contributed by atoms with Gasteiger partial charge in [-0.15, -0.1) is 0 Å². The molecule has 3 rings (SSSR count). The molecule has 7 heteroatoms. The van der Waals surface area contributed by atoms with Gasteiger partial charge in [0.05, 0.1) is 7.11 Å². The summed E-state index contributed by atoms with van der Waals surface area (Å²) in [5, 5.41) is 3.62. The summed E-state index contributed by atoms with van der Waals surface area (Å²) in [6.45, 7) is 6.55. The third-order valence-electron chi connectivity index (χ3n) is 5.34. The maximum atomic E-state index is 13.2. The zero-order chi connectivity index (χ0) is 21.7. The first kappa shape index (κ1) is 22.0. The molecule has 0 spiro atoms. The lowest BCUT2D eigenvalue weighted by atomic mass is 10.0. The minimum Gasteiger partial charge on any atom is -0.497 e. The number of piperazine rings is 1. The summed E-state index contributed by atoms with van der Waals surface area (Å²) >= 11 is 6.10. The van der Waals surface area contributed by atoms with Gasteiger partial charge in [0.15, 0.2) is 0 Å². The highest BCUT2D eigenvalue weighted by molar-refractivity contribution is 6.30. The lowest BCUT2D eigenvalue weighted by Crippen LogP contribution is -2.56. The summed E-state index contributed by atoms with van der Waals surface area (Å²) in [5.41, 5.74) is 1.56. The Bertz CT molecular complexity index is 878. The lowest BCUT2D eigenvalue weighted by Gasteiger charge is -2.38. The van der Waals surface area contributed by atoms with Gasteiger partial charge in [-0.3, -0.25) is 9.59 Å². The second-order valence-electron chi connectivity index (χ2n) is 7.72. The Morgan fingerprint density at radius 2 is 1.70 bits per heavy atom. The molecule has 1 heterocycles. The van der Waals surface area contributed by atoms with Crippen LogP contribution in [-0.4, -0.2) is 56.0 Å². The van der Waals surface area contributed by atoms with E-state index < -0.39 is 6.04 Å². The predicted octanol–water partition coefficient (Wildman–Crippen LogP) is 3.45. The fraction of sp³-hybridized carbons (Fsp3) is 0.391. The molecule has 2 aromatic rings. The minimum atomic E-state index is -0.572. The number of benzene rings is 2. The van der Waals surface area contributed by atoms with Gasteiger partial charge in [-0.2, -0.15) is 0 Å². The van der Waals surface area contributed by atoms with Crippen LogP contribution in [0.3, 0.4) is 0 Å². The Hall–Kier alpha value is -2.73. The lowest BCUT2D eigenvalue weighted by molar-refractivity contribution is -0.134. The molecule has 1 aliphatic rings. The number of amides is 2. The number of methoxy groups -OCH3 is 1. The molecule has 30 heavy (non-hydrogen) atoms. The van der Waals surface area contributed by atoms with E-state index in [1.54, 1.807) is 31.4 Å². The number of rotatable bonds is 6. The minimum absolute atomic E-state index is 0.0225. The topological polar surface area (TPSA) is 61.9 Å². The van der Waals surface area contributed by atoms with Crippen LogP contribution in [0.25, 0.3) is 0 Å². The average Bonchev–Trinajstić information content (AvgIpc) is 2.77. The maximum Gasteiger partial charge on any atom is 0.251 e. The van der Waals surface area contributed by atoms with E-state index in [4.69, 9.17) is 16.3 Å². The molecule has 1 saturated heterocycles. The molecule has 160 valence electrons. The smallest absolute Gasteiger partial charge is 0.251 e. The van der Waals surface area contributed by atoms with Gasteiger partial charge in [-0.25, -0.2) is 0 Å². The summed E-state index contributed by atoms with van der Waals surface area (Å²) in [6.07, 6.45) is 0. The van der Waals surface area contributed by atoms with E-state index >= 15 is 0 Å². The van der Waals surface area contributed by atoms with E-state index in [2.05, 4.69) is 10.2 Å². The quantitative estimate of drug-likeness (QED) is 0.764. The van der Waals surface area contributed by atoms with E-state index in [1.807, 2.05) is 43.0 Å². The first-order valence-electron chi connectivity index (χ1n) is 10.1. The van der Waals surface area contributed by atoms with Crippen molar-refractivity contribution in [1.82, 2.24) is 10.2 Å². The van der Waals surface area contributed by atoms with Crippen LogP contribution in [0.1, 0.15) is 24.2 Å². The normalized spacial score (nSPS) is 15.1. The van der Waals surface area contributed by atoms with Gasteiger partial charge in [-0.1, -0.05) is 31.5 Å². The Morgan fingerprint density at radius 3 is 2.27 bits per heavy atom. The highest BCUT2D eigenvalue weighted by Crippen LogP contribution is 2.21. The van der Waals surface area contributed by atoms with Crippen molar-refractivity contribution < 1.29 is 14.3 Å². The van der Waals surface area contributed by atoms with Crippen molar-refractivity contribution in [3.63, 3.8) is 0 Å². The molecule has 1 atom stereocenters. The molecular formula is C23H28ClN3O3. The molecule has 1 aliphatic heterocycles. The number of anilines is 1. The molecule has 0 bridgehead atoms. The monoisotopic (exact) mass is 429 g/mol. The standard InChI is InChI=1S/C23H28ClN3O3/c1-16(2)21(25-22(28)17-7-9-20(30-3)10-8-17)23(29)27-13-11-26(12-14-27)19-6-4-5-18(24)15-19/h4-10,15-16,21H,11-14H2,1-3H3,(H,25,28). The van der Waals surface area contributed by atoms with Crippen molar-refractivity contribution in [2.24, 2.45) is 5.92 Å². The maximum absolute atomic E-state index is 13.2. The van der Waals surface area contributed by atoms with Gasteiger partial charge in [0, 0.05) is 42.5 Å². The van der Waals surface area contributed by atoms with E-state index in [0.717, 1.165) is 18.8 Å². The third kappa shape index (κ3) is 5.25. The highest BCUT2D eigenvalue weighted by Gasteiger charge is 2.31. The Kier molecular flexibility index (Phi) is 7.21. The molecule has 6 nitrogen and oxygen atoms in total.